The smallest absolute Gasteiger partial charge is 0.352 e. The number of carboxylic acids is 2. The van der Waals surface area contributed by atoms with Crippen LogP contribution in [-0.2, 0) is 30.6 Å². The van der Waals surface area contributed by atoms with Crippen LogP contribution in [0.3, 0.4) is 0 Å². The van der Waals surface area contributed by atoms with Gasteiger partial charge in [0.1, 0.15) is 36.2 Å². The Hall–Kier alpha value is -3.77. The van der Waals surface area contributed by atoms with Crippen molar-refractivity contribution >= 4 is 69.5 Å². The maximum Gasteiger partial charge on any atom is 0.352 e. The number of thiazole rings is 1. The molecule has 1 saturated heterocycles. The first kappa shape index (κ1) is 30.2. The first-order chi connectivity index (χ1) is 19.6. The van der Waals surface area contributed by atoms with Gasteiger partial charge in [-0.25, -0.2) is 27.9 Å². The van der Waals surface area contributed by atoms with E-state index < -0.39 is 60.3 Å². The molecular formula is C23H23F2N6O7S3+. The van der Waals surface area contributed by atoms with Crippen molar-refractivity contribution in [1.82, 2.24) is 15.2 Å². The zero-order valence-electron chi connectivity index (χ0n) is 20.9. The highest BCUT2D eigenvalue weighted by Crippen LogP contribution is 2.41. The Balaban J connectivity index is 1.48. The number of oxime groups is 1. The number of rotatable bonds is 13. The molecule has 2 aliphatic rings. The number of nitrogens with zero attached hydrogens (tertiary/aromatic N) is 4. The fourth-order valence-corrected chi connectivity index (χ4v) is 6.73. The lowest BCUT2D eigenvalue weighted by atomic mass is 10.0. The molecule has 2 aromatic rings. The summed E-state index contributed by atoms with van der Waals surface area (Å²) in [7, 11) is 0. The van der Waals surface area contributed by atoms with Crippen molar-refractivity contribution in [3.63, 3.8) is 0 Å². The Morgan fingerprint density at radius 2 is 2.05 bits per heavy atom. The minimum absolute atomic E-state index is 0.0607. The lowest BCUT2D eigenvalue weighted by Gasteiger charge is -2.49. The number of carbonyl (C=O) groups excluding carboxylic acids is 2. The van der Waals surface area contributed by atoms with Gasteiger partial charge in [0.25, 0.3) is 17.9 Å². The van der Waals surface area contributed by atoms with Gasteiger partial charge in [0.15, 0.2) is 29.8 Å². The van der Waals surface area contributed by atoms with Gasteiger partial charge in [-0.3, -0.25) is 14.5 Å². The lowest BCUT2D eigenvalue weighted by Crippen LogP contribution is -2.71. The van der Waals surface area contributed by atoms with Gasteiger partial charge in [-0.05, 0) is 5.57 Å². The molecule has 0 aliphatic carbocycles. The highest BCUT2D eigenvalue weighted by atomic mass is 32.2. The molecule has 3 atom stereocenters. The first-order valence-corrected chi connectivity index (χ1v) is 14.7. The summed E-state index contributed by atoms with van der Waals surface area (Å²) in [6.07, 6.45) is 1.46. The van der Waals surface area contributed by atoms with E-state index in [0.29, 0.717) is 5.57 Å². The summed E-state index contributed by atoms with van der Waals surface area (Å²) in [5, 5.41) is 25.5. The molecule has 41 heavy (non-hydrogen) atoms. The van der Waals surface area contributed by atoms with Gasteiger partial charge in [-0.15, -0.1) is 34.9 Å². The number of fused-ring (bicyclic) bond motifs is 1. The number of halogens is 2. The van der Waals surface area contributed by atoms with E-state index in [1.54, 1.807) is 29.1 Å². The van der Waals surface area contributed by atoms with Crippen LogP contribution in [0, 0.1) is 0 Å². The van der Waals surface area contributed by atoms with Crippen LogP contribution in [0.5, 0.6) is 0 Å². The predicted molar refractivity (Wildman–Crippen MR) is 145 cm³/mol. The summed E-state index contributed by atoms with van der Waals surface area (Å²) in [5.74, 6) is -4.04. The normalized spacial score (nSPS) is 19.3. The number of thioether (sulfide) groups is 2. The molecule has 0 aromatic carbocycles. The number of carboxylic acid groups (broad SMARTS) is 2. The van der Waals surface area contributed by atoms with E-state index in [0.717, 1.165) is 21.1 Å². The number of hydrogen-bond acceptors (Lipinski definition) is 11. The molecule has 2 aliphatic heterocycles. The van der Waals surface area contributed by atoms with Gasteiger partial charge < -0.3 is 26.1 Å². The van der Waals surface area contributed by atoms with E-state index in [9.17, 15) is 33.1 Å². The van der Waals surface area contributed by atoms with Gasteiger partial charge in [0, 0.05) is 33.9 Å². The first-order valence-electron chi connectivity index (χ1n) is 11.8. The monoisotopic (exact) mass is 629 g/mol. The molecule has 1 fully saturated rings. The van der Waals surface area contributed by atoms with Gasteiger partial charge in [-0.1, -0.05) is 5.16 Å². The average molecular weight is 630 g/mol. The van der Waals surface area contributed by atoms with Crippen LogP contribution in [-0.4, -0.2) is 91.9 Å². The standard InChI is InChI=1S/C23H22F2N6O7S3/c24-3-6-30-4-1-12(2-5-30)39-8-11-9-40-20-16(19(33)31(20)17(11)22(36)37)28-18(32)15(13-10-41-23(26)27-13)29-38-14(7-25)21(34)35/h1-2,4-5,10,14,16,20H,3,6-9H2,(H4-,26,27,28,32,34,35,36,37)/p+1/b29-15-/t14?,16-,20-/m1/s1. The third kappa shape index (κ3) is 6.76. The van der Waals surface area contributed by atoms with E-state index in [4.69, 9.17) is 10.8 Å². The number of aromatic nitrogens is 2. The van der Waals surface area contributed by atoms with Crippen LogP contribution in [0.4, 0.5) is 13.9 Å². The quantitative estimate of drug-likeness (QED) is 0.0801. The molecule has 4 rings (SSSR count). The SMILES string of the molecule is Nc1nc(/C(=N/OC(CF)C(=O)O)C(=O)N[C@@H]2C(=O)N3C(C(=O)O)=C(CSc4cc[n+](CCF)cc4)CS[C@H]23)cs1. The van der Waals surface area contributed by atoms with Gasteiger partial charge >= 0.3 is 11.9 Å². The van der Waals surface area contributed by atoms with Crippen molar-refractivity contribution in [2.75, 3.05) is 30.6 Å². The summed E-state index contributed by atoms with van der Waals surface area (Å²) in [4.78, 5) is 59.9. The van der Waals surface area contributed by atoms with Crippen LogP contribution < -0.4 is 15.6 Å². The lowest BCUT2D eigenvalue weighted by molar-refractivity contribution is -0.697. The fourth-order valence-electron chi connectivity index (χ4n) is 3.82. The maximum absolute atomic E-state index is 13.1. The van der Waals surface area contributed by atoms with Crippen molar-refractivity contribution in [2.24, 2.45) is 5.16 Å². The number of amides is 2. The number of β-lactam (4-membered cyclic amide) rings is 1. The van der Waals surface area contributed by atoms with E-state index in [1.165, 1.54) is 28.9 Å². The van der Waals surface area contributed by atoms with E-state index in [1.807, 2.05) is 0 Å². The molecule has 1 unspecified atom stereocenters. The zero-order chi connectivity index (χ0) is 29.7. The maximum atomic E-state index is 13.1. The molecule has 5 N–H and O–H groups in total. The van der Waals surface area contributed by atoms with E-state index in [2.05, 4.69) is 20.3 Å². The third-order valence-electron chi connectivity index (χ3n) is 5.82. The number of anilines is 1. The van der Waals surface area contributed by atoms with Crippen LogP contribution in [0.1, 0.15) is 5.69 Å². The molecule has 4 heterocycles. The minimum atomic E-state index is -1.98. The third-order valence-corrected chi connectivity index (χ3v) is 8.93. The van der Waals surface area contributed by atoms with Crippen molar-refractivity contribution in [3.05, 3.63) is 46.9 Å². The Kier molecular flexibility index (Phi) is 9.77. The molecule has 218 valence electrons. The number of nitrogens with two attached hydrogens (primary N) is 1. The van der Waals surface area contributed by atoms with Crippen LogP contribution >= 0.6 is 34.9 Å². The van der Waals surface area contributed by atoms with Crippen LogP contribution in [0.2, 0.25) is 0 Å². The molecule has 18 heteroatoms. The second-order valence-corrected chi connectivity index (χ2v) is 11.5. The highest BCUT2D eigenvalue weighted by Gasteiger charge is 2.54. The Bertz CT molecular complexity index is 1400. The largest absolute Gasteiger partial charge is 0.478 e. The molecule has 2 aromatic heterocycles. The van der Waals surface area contributed by atoms with Gasteiger partial charge in [0.05, 0.1) is 0 Å². The number of alkyl halides is 2. The molecule has 0 saturated carbocycles. The summed E-state index contributed by atoms with van der Waals surface area (Å²) in [6.45, 7) is -1.69. The van der Waals surface area contributed by atoms with Crippen LogP contribution in [0.25, 0.3) is 0 Å². The second-order valence-electron chi connectivity index (χ2n) is 8.47. The van der Waals surface area contributed by atoms with E-state index in [-0.39, 0.29) is 34.6 Å². The Morgan fingerprint density at radius 1 is 1.32 bits per heavy atom. The number of carbonyl (C=O) groups is 4. The molecule has 0 bridgehead atoms. The summed E-state index contributed by atoms with van der Waals surface area (Å²) < 4.78 is 27.2. The Morgan fingerprint density at radius 3 is 2.63 bits per heavy atom. The molecule has 13 nitrogen and oxygen atoms in total. The predicted octanol–water partition coefficient (Wildman–Crippen LogP) is 0.657. The van der Waals surface area contributed by atoms with Crippen molar-refractivity contribution in [2.45, 2.75) is 29.0 Å². The number of nitrogens with one attached hydrogen (secondary N) is 1. The number of pyridine rings is 1. The number of nitrogen functional groups attached to an aromatic ring is 1. The number of aliphatic carboxylic acids is 2. The van der Waals surface area contributed by atoms with Gasteiger partial charge in [0.2, 0.25) is 0 Å². The summed E-state index contributed by atoms with van der Waals surface area (Å²) >= 11 is 3.58. The second kappa shape index (κ2) is 13.3. The van der Waals surface area contributed by atoms with Crippen molar-refractivity contribution in [3.8, 4) is 0 Å². The number of hydrogen-bond donors (Lipinski definition) is 4. The van der Waals surface area contributed by atoms with Crippen LogP contribution in [0.15, 0.2) is 51.2 Å². The number of aryl methyl sites for hydroxylation is 1. The zero-order valence-corrected chi connectivity index (χ0v) is 23.4. The van der Waals surface area contributed by atoms with Gasteiger partial charge in [-0.2, -0.15) is 0 Å². The van der Waals surface area contributed by atoms with E-state index >= 15 is 0 Å². The fraction of sp³-hybridized carbons (Fsp3) is 0.348. The molecule has 0 radical (unpaired) electrons. The molecule has 0 spiro atoms. The Labute approximate surface area is 243 Å². The summed E-state index contributed by atoms with van der Waals surface area (Å²) in [6, 6.07) is 2.44. The molecular weight excluding hydrogens is 606 g/mol. The minimum Gasteiger partial charge on any atom is -0.478 e. The van der Waals surface area contributed by atoms with Crippen molar-refractivity contribution in [1.29, 1.82) is 0 Å². The van der Waals surface area contributed by atoms with Crippen molar-refractivity contribution < 1.29 is 47.6 Å². The average Bonchev–Trinajstić information content (AvgIpc) is 3.38. The topological polar surface area (TPSA) is 188 Å². The highest BCUT2D eigenvalue weighted by molar-refractivity contribution is 8.01. The molecule has 2 amide bonds. The summed E-state index contributed by atoms with van der Waals surface area (Å²) in [5.41, 5.74) is 5.34.